The molecule has 0 aliphatic heterocycles. The highest BCUT2D eigenvalue weighted by Gasteiger charge is 1.92. The average molecular weight is 193 g/mol. The van der Waals surface area contributed by atoms with Crippen molar-refractivity contribution in [1.82, 2.24) is 0 Å². The molecule has 0 amide bonds. The Morgan fingerprint density at radius 3 is 2.64 bits per heavy atom. The summed E-state index contributed by atoms with van der Waals surface area (Å²) in [5.74, 6) is -0.135. The number of hydrogen-bond acceptors (Lipinski definition) is 3. The van der Waals surface area contributed by atoms with Gasteiger partial charge in [0.05, 0.1) is 19.2 Å². The zero-order valence-electron chi connectivity index (χ0n) is 7.80. The zero-order valence-corrected chi connectivity index (χ0v) is 7.80. The maximum Gasteiger partial charge on any atom is 0.308 e. The van der Waals surface area contributed by atoms with Gasteiger partial charge in [-0.05, 0) is 24.3 Å². The molecule has 74 valence electrons. The molecule has 1 rings (SSSR count). The fourth-order valence-corrected chi connectivity index (χ4v) is 0.897. The molecule has 4 nitrogen and oxygen atoms in total. The smallest absolute Gasteiger partial charge is 0.308 e. The third kappa shape index (κ3) is 3.26. The normalized spacial score (nSPS) is 10.4. The monoisotopic (exact) mass is 193 g/mol. The second-order valence-corrected chi connectivity index (χ2v) is 2.61. The van der Waals surface area contributed by atoms with E-state index in [1.165, 1.54) is 6.21 Å². The third-order valence-electron chi connectivity index (χ3n) is 1.58. The first-order chi connectivity index (χ1) is 6.72. The van der Waals surface area contributed by atoms with Crippen LogP contribution in [0.25, 0.3) is 0 Å². The Kier molecular flexibility index (Phi) is 3.67. The van der Waals surface area contributed by atoms with Crippen LogP contribution in [-0.2, 0) is 4.79 Å². The first-order valence-electron chi connectivity index (χ1n) is 4.11. The van der Waals surface area contributed by atoms with Gasteiger partial charge in [0.15, 0.2) is 0 Å². The number of aliphatic carboxylic acids is 1. The average Bonchev–Trinajstić information content (AvgIpc) is 2.18. The number of carbonyl (C=O) groups is 1. The first-order valence-corrected chi connectivity index (χ1v) is 4.11. The molecule has 0 aliphatic rings. The highest BCUT2D eigenvalue weighted by Crippen LogP contribution is 2.16. The number of nitrogens with zero attached hydrogens (tertiary/aromatic N) is 1. The maximum absolute atomic E-state index is 10.2. The van der Waals surface area contributed by atoms with Gasteiger partial charge in [-0.3, -0.25) is 9.79 Å². The van der Waals surface area contributed by atoms with Gasteiger partial charge in [-0.25, -0.2) is 0 Å². The lowest BCUT2D eigenvalue weighted by molar-refractivity contribution is -0.135. The predicted octanol–water partition coefficient (Wildman–Crippen LogP) is 1.87. The van der Waals surface area contributed by atoms with Crippen molar-refractivity contribution in [1.29, 1.82) is 0 Å². The van der Waals surface area contributed by atoms with Crippen molar-refractivity contribution in [3.05, 3.63) is 24.3 Å². The molecule has 0 saturated carbocycles. The third-order valence-corrected chi connectivity index (χ3v) is 1.58. The molecule has 0 aromatic heterocycles. The number of carboxylic acid groups (broad SMARTS) is 1. The SMILES string of the molecule is COc1ccc(N=CCC(=O)O)cc1. The topological polar surface area (TPSA) is 58.9 Å². The summed E-state index contributed by atoms with van der Waals surface area (Å²) in [5, 5.41) is 8.36. The Balaban J connectivity index is 2.59. The number of aliphatic imine (C=N–C) groups is 1. The largest absolute Gasteiger partial charge is 0.497 e. The van der Waals surface area contributed by atoms with Crippen LogP contribution in [0, 0.1) is 0 Å². The number of ether oxygens (including phenoxy) is 1. The van der Waals surface area contributed by atoms with Crippen LogP contribution in [0.4, 0.5) is 5.69 Å². The Morgan fingerprint density at radius 1 is 1.50 bits per heavy atom. The van der Waals surface area contributed by atoms with Crippen LogP contribution < -0.4 is 4.74 Å². The summed E-state index contributed by atoms with van der Waals surface area (Å²) >= 11 is 0. The summed E-state index contributed by atoms with van der Waals surface area (Å²) in [5.41, 5.74) is 0.715. The molecule has 0 spiro atoms. The molecule has 0 atom stereocenters. The molecule has 0 saturated heterocycles. The van der Waals surface area contributed by atoms with E-state index in [-0.39, 0.29) is 6.42 Å². The van der Waals surface area contributed by atoms with E-state index in [1.54, 1.807) is 31.4 Å². The van der Waals surface area contributed by atoms with Gasteiger partial charge < -0.3 is 9.84 Å². The standard InChI is InChI=1S/C10H11NO3/c1-14-9-4-2-8(3-5-9)11-7-6-10(12)13/h2-5,7H,6H2,1H3,(H,12,13). The molecule has 1 aromatic carbocycles. The lowest BCUT2D eigenvalue weighted by Gasteiger charge is -1.98. The van der Waals surface area contributed by atoms with Gasteiger partial charge in [-0.1, -0.05) is 0 Å². The molecule has 1 N–H and O–H groups in total. The summed E-state index contributed by atoms with van der Waals surface area (Å²) < 4.78 is 4.97. The van der Waals surface area contributed by atoms with Crippen LogP contribution in [0.1, 0.15) is 6.42 Å². The van der Waals surface area contributed by atoms with E-state index in [4.69, 9.17) is 9.84 Å². The molecule has 1 aromatic rings. The minimum atomic E-state index is -0.887. The van der Waals surface area contributed by atoms with Crippen LogP contribution in [0.3, 0.4) is 0 Å². The lowest BCUT2D eigenvalue weighted by Crippen LogP contribution is -1.93. The summed E-state index contributed by atoms with van der Waals surface area (Å²) in [6, 6.07) is 7.06. The predicted molar refractivity (Wildman–Crippen MR) is 53.4 cm³/mol. The Labute approximate surface area is 81.9 Å². The van der Waals surface area contributed by atoms with Crippen LogP contribution in [0.5, 0.6) is 5.75 Å². The van der Waals surface area contributed by atoms with Crippen LogP contribution in [0.15, 0.2) is 29.3 Å². The van der Waals surface area contributed by atoms with Gasteiger partial charge in [0, 0.05) is 6.21 Å². The van der Waals surface area contributed by atoms with E-state index in [2.05, 4.69) is 4.99 Å². The van der Waals surface area contributed by atoms with Crippen molar-refractivity contribution < 1.29 is 14.6 Å². The second kappa shape index (κ2) is 5.01. The van der Waals surface area contributed by atoms with Crippen LogP contribution >= 0.6 is 0 Å². The molecular formula is C10H11NO3. The van der Waals surface area contributed by atoms with Gasteiger partial charge >= 0.3 is 5.97 Å². The Morgan fingerprint density at radius 2 is 2.14 bits per heavy atom. The molecule has 0 heterocycles. The first kappa shape index (κ1) is 10.2. The molecule has 0 fully saturated rings. The number of hydrogen-bond donors (Lipinski definition) is 1. The van der Waals surface area contributed by atoms with Gasteiger partial charge in [0.25, 0.3) is 0 Å². The molecular weight excluding hydrogens is 182 g/mol. The van der Waals surface area contributed by atoms with E-state index in [0.29, 0.717) is 5.69 Å². The number of methoxy groups -OCH3 is 1. The van der Waals surface area contributed by atoms with Crippen molar-refractivity contribution in [2.24, 2.45) is 4.99 Å². The molecule has 14 heavy (non-hydrogen) atoms. The maximum atomic E-state index is 10.2. The van der Waals surface area contributed by atoms with Crippen molar-refractivity contribution >= 4 is 17.9 Å². The fraction of sp³-hybridized carbons (Fsp3) is 0.200. The fourth-order valence-electron chi connectivity index (χ4n) is 0.897. The minimum Gasteiger partial charge on any atom is -0.497 e. The number of carboxylic acids is 1. The molecule has 4 heteroatoms. The second-order valence-electron chi connectivity index (χ2n) is 2.61. The van der Waals surface area contributed by atoms with Gasteiger partial charge in [-0.15, -0.1) is 0 Å². The van der Waals surface area contributed by atoms with Gasteiger partial charge in [0.2, 0.25) is 0 Å². The van der Waals surface area contributed by atoms with E-state index < -0.39 is 5.97 Å². The highest BCUT2D eigenvalue weighted by molar-refractivity contribution is 5.85. The molecule has 0 bridgehead atoms. The number of rotatable bonds is 4. The van der Waals surface area contributed by atoms with E-state index >= 15 is 0 Å². The Bertz CT molecular complexity index is 330. The zero-order chi connectivity index (χ0) is 10.4. The molecule has 0 aliphatic carbocycles. The summed E-state index contributed by atoms with van der Waals surface area (Å²) in [6.07, 6.45) is 1.30. The quantitative estimate of drug-likeness (QED) is 0.742. The lowest BCUT2D eigenvalue weighted by atomic mass is 10.3. The van der Waals surface area contributed by atoms with Crippen molar-refractivity contribution in [2.75, 3.05) is 7.11 Å². The van der Waals surface area contributed by atoms with Crippen molar-refractivity contribution in [3.8, 4) is 5.75 Å². The summed E-state index contributed by atoms with van der Waals surface area (Å²) in [7, 11) is 1.59. The van der Waals surface area contributed by atoms with Crippen LogP contribution in [-0.4, -0.2) is 24.4 Å². The molecule has 0 unspecified atom stereocenters. The van der Waals surface area contributed by atoms with Gasteiger partial charge in [0.1, 0.15) is 5.75 Å². The van der Waals surface area contributed by atoms with Gasteiger partial charge in [-0.2, -0.15) is 0 Å². The van der Waals surface area contributed by atoms with Crippen LogP contribution in [0.2, 0.25) is 0 Å². The van der Waals surface area contributed by atoms with E-state index in [9.17, 15) is 4.79 Å². The van der Waals surface area contributed by atoms with E-state index in [0.717, 1.165) is 5.75 Å². The van der Waals surface area contributed by atoms with Crippen molar-refractivity contribution in [3.63, 3.8) is 0 Å². The molecule has 0 radical (unpaired) electrons. The highest BCUT2D eigenvalue weighted by atomic mass is 16.5. The summed E-state index contributed by atoms with van der Waals surface area (Å²) in [4.78, 5) is 14.1. The van der Waals surface area contributed by atoms with E-state index in [1.807, 2.05) is 0 Å². The summed E-state index contributed by atoms with van der Waals surface area (Å²) in [6.45, 7) is 0. The number of benzene rings is 1. The van der Waals surface area contributed by atoms with Crippen molar-refractivity contribution in [2.45, 2.75) is 6.42 Å². The minimum absolute atomic E-state index is 0.0635. The Hall–Kier alpha value is -1.84.